The van der Waals surface area contributed by atoms with Gasteiger partial charge in [-0.25, -0.2) is 0 Å². The van der Waals surface area contributed by atoms with Crippen molar-refractivity contribution in [2.45, 2.75) is 45.6 Å². The van der Waals surface area contributed by atoms with Crippen LogP contribution in [-0.4, -0.2) is 17.9 Å². The lowest BCUT2D eigenvalue weighted by molar-refractivity contribution is -0.134. The van der Waals surface area contributed by atoms with E-state index in [9.17, 15) is 9.59 Å². The van der Waals surface area contributed by atoms with Gasteiger partial charge >= 0.3 is 0 Å². The Bertz CT molecular complexity index is 696. The van der Waals surface area contributed by atoms with Gasteiger partial charge in [-0.3, -0.25) is 9.59 Å². The van der Waals surface area contributed by atoms with E-state index < -0.39 is 0 Å². The summed E-state index contributed by atoms with van der Waals surface area (Å²) in [6, 6.07) is 7.73. The van der Waals surface area contributed by atoms with Crippen LogP contribution in [0.4, 0.5) is 5.69 Å². The second-order valence-corrected chi connectivity index (χ2v) is 9.15. The zero-order valence-corrected chi connectivity index (χ0v) is 16.3. The van der Waals surface area contributed by atoms with Gasteiger partial charge < -0.3 is 10.6 Å². The van der Waals surface area contributed by atoms with Crippen molar-refractivity contribution in [2.24, 2.45) is 29.1 Å². The number of halogens is 1. The number of amides is 2. The molecule has 0 aromatic heterocycles. The molecule has 0 heterocycles. The van der Waals surface area contributed by atoms with Crippen molar-refractivity contribution in [3.8, 4) is 0 Å². The molecule has 3 fully saturated rings. The monoisotopic (exact) mass is 404 g/mol. The molecule has 1 aromatic carbocycles. The predicted molar refractivity (Wildman–Crippen MR) is 101 cm³/mol. The van der Waals surface area contributed by atoms with Gasteiger partial charge in [-0.2, -0.15) is 0 Å². The van der Waals surface area contributed by atoms with Crippen molar-refractivity contribution in [3.05, 3.63) is 28.7 Å². The van der Waals surface area contributed by atoms with E-state index >= 15 is 0 Å². The highest BCUT2D eigenvalue weighted by Crippen LogP contribution is 2.74. The van der Waals surface area contributed by atoms with Crippen LogP contribution in [0.25, 0.3) is 0 Å². The lowest BCUT2D eigenvalue weighted by Crippen LogP contribution is -2.44. The second-order valence-electron chi connectivity index (χ2n) is 8.23. The number of benzene rings is 1. The number of hydrogen-bond acceptors (Lipinski definition) is 2. The molecule has 0 aliphatic heterocycles. The van der Waals surface area contributed by atoms with Crippen molar-refractivity contribution in [1.29, 1.82) is 0 Å². The molecule has 1 spiro atoms. The Morgan fingerprint density at radius 1 is 1.04 bits per heavy atom. The van der Waals surface area contributed by atoms with Crippen LogP contribution in [0.5, 0.6) is 0 Å². The van der Waals surface area contributed by atoms with E-state index in [1.54, 1.807) is 0 Å². The van der Waals surface area contributed by atoms with Gasteiger partial charge in [0.1, 0.15) is 0 Å². The van der Waals surface area contributed by atoms with Crippen LogP contribution in [0.15, 0.2) is 28.7 Å². The summed E-state index contributed by atoms with van der Waals surface area (Å²) >= 11 is 3.41. The van der Waals surface area contributed by atoms with Crippen LogP contribution in [0, 0.1) is 29.1 Å². The predicted octanol–water partition coefficient (Wildman–Crippen LogP) is 3.96. The summed E-state index contributed by atoms with van der Waals surface area (Å²) < 4.78 is 0.983. The minimum absolute atomic E-state index is 0.0182. The van der Waals surface area contributed by atoms with E-state index in [1.165, 1.54) is 12.8 Å². The fourth-order valence-electron chi connectivity index (χ4n) is 5.50. The largest absolute Gasteiger partial charge is 0.354 e. The summed E-state index contributed by atoms with van der Waals surface area (Å²) in [6.45, 7) is 3.96. The highest BCUT2D eigenvalue weighted by Gasteiger charge is 2.71. The third kappa shape index (κ3) is 2.80. The smallest absolute Gasteiger partial charge is 0.228 e. The SMILES string of the molecule is CC(C)NC(=O)[C@@H]1[C@H](C(=O)Nc2ccc(Br)cc2)[C@@H]2CC[C@H]1C21CC1. The minimum Gasteiger partial charge on any atom is -0.354 e. The highest BCUT2D eigenvalue weighted by atomic mass is 79.9. The molecule has 3 saturated carbocycles. The number of anilines is 1. The van der Waals surface area contributed by atoms with Crippen molar-refractivity contribution in [1.82, 2.24) is 5.32 Å². The van der Waals surface area contributed by atoms with Crippen molar-refractivity contribution >= 4 is 33.4 Å². The van der Waals surface area contributed by atoms with Crippen LogP contribution in [0.3, 0.4) is 0 Å². The van der Waals surface area contributed by atoms with Gasteiger partial charge in [0.2, 0.25) is 11.8 Å². The van der Waals surface area contributed by atoms with E-state index in [4.69, 9.17) is 0 Å². The average Bonchev–Trinajstić information content (AvgIpc) is 3.22. The quantitative estimate of drug-likeness (QED) is 0.797. The molecule has 0 saturated heterocycles. The summed E-state index contributed by atoms with van der Waals surface area (Å²) in [5, 5.41) is 6.13. The molecule has 25 heavy (non-hydrogen) atoms. The molecule has 134 valence electrons. The molecule has 0 unspecified atom stereocenters. The fourth-order valence-corrected chi connectivity index (χ4v) is 5.77. The van der Waals surface area contributed by atoms with Gasteiger partial charge in [0.05, 0.1) is 11.8 Å². The Labute approximate surface area is 157 Å². The third-order valence-electron chi connectivity index (χ3n) is 6.50. The average molecular weight is 405 g/mol. The molecule has 4 rings (SSSR count). The zero-order chi connectivity index (χ0) is 17.8. The summed E-state index contributed by atoms with van der Waals surface area (Å²) in [4.78, 5) is 26.0. The number of rotatable bonds is 4. The Kier molecular flexibility index (Phi) is 4.18. The van der Waals surface area contributed by atoms with Gasteiger partial charge in [-0.15, -0.1) is 0 Å². The molecule has 2 N–H and O–H groups in total. The standard InChI is InChI=1S/C20H25BrN2O2/c1-11(2)22-18(24)16-14-7-8-15(20(14)9-10-20)17(16)19(25)23-13-5-3-12(21)4-6-13/h3-6,11,14-17H,7-10H2,1-2H3,(H,22,24)(H,23,25)/t14-,15+,16+,17-/m1/s1. The van der Waals surface area contributed by atoms with Gasteiger partial charge in [0.25, 0.3) is 0 Å². The first-order valence-corrected chi connectivity index (χ1v) is 10.1. The topological polar surface area (TPSA) is 58.2 Å². The molecule has 3 aliphatic carbocycles. The van der Waals surface area contributed by atoms with Gasteiger partial charge in [-0.05, 0) is 81.0 Å². The van der Waals surface area contributed by atoms with E-state index in [1.807, 2.05) is 38.1 Å². The van der Waals surface area contributed by atoms with Crippen molar-refractivity contribution in [3.63, 3.8) is 0 Å². The van der Waals surface area contributed by atoms with Crippen LogP contribution in [0.2, 0.25) is 0 Å². The number of carbonyl (C=O) groups excluding carboxylic acids is 2. The number of carbonyl (C=O) groups is 2. The van der Waals surface area contributed by atoms with Crippen LogP contribution >= 0.6 is 15.9 Å². The first-order valence-electron chi connectivity index (χ1n) is 9.29. The number of hydrogen-bond donors (Lipinski definition) is 2. The lowest BCUT2D eigenvalue weighted by atomic mass is 9.78. The molecule has 1 aromatic rings. The Balaban J connectivity index is 1.58. The van der Waals surface area contributed by atoms with Crippen LogP contribution < -0.4 is 10.6 Å². The highest BCUT2D eigenvalue weighted by molar-refractivity contribution is 9.10. The first kappa shape index (κ1) is 17.1. The lowest BCUT2D eigenvalue weighted by Gasteiger charge is -2.29. The van der Waals surface area contributed by atoms with Crippen molar-refractivity contribution < 1.29 is 9.59 Å². The van der Waals surface area contributed by atoms with E-state index in [0.717, 1.165) is 23.0 Å². The summed E-state index contributed by atoms with van der Waals surface area (Å²) in [6.07, 6.45) is 4.57. The number of nitrogens with one attached hydrogen (secondary N) is 2. The summed E-state index contributed by atoms with van der Waals surface area (Å²) in [7, 11) is 0. The summed E-state index contributed by atoms with van der Waals surface area (Å²) in [5.74, 6) is 0.490. The van der Waals surface area contributed by atoms with Crippen LogP contribution in [-0.2, 0) is 9.59 Å². The molecule has 0 radical (unpaired) electrons. The molecular weight excluding hydrogens is 380 g/mol. The molecule has 4 atom stereocenters. The molecule has 2 bridgehead atoms. The Hall–Kier alpha value is -1.36. The Morgan fingerprint density at radius 2 is 1.60 bits per heavy atom. The third-order valence-corrected chi connectivity index (χ3v) is 7.02. The van der Waals surface area contributed by atoms with E-state index in [0.29, 0.717) is 11.8 Å². The maximum atomic E-state index is 13.1. The Morgan fingerprint density at radius 3 is 2.12 bits per heavy atom. The molecular formula is C20H25BrN2O2. The van der Waals surface area contributed by atoms with Gasteiger partial charge in [0.15, 0.2) is 0 Å². The molecule has 5 heteroatoms. The second kappa shape index (κ2) is 6.11. The fraction of sp³-hybridized carbons (Fsp3) is 0.600. The zero-order valence-electron chi connectivity index (χ0n) is 14.7. The maximum absolute atomic E-state index is 13.1. The first-order chi connectivity index (χ1) is 11.9. The summed E-state index contributed by atoms with van der Waals surface area (Å²) in [5.41, 5.74) is 1.07. The molecule has 2 amide bonds. The maximum Gasteiger partial charge on any atom is 0.228 e. The van der Waals surface area contributed by atoms with E-state index in [-0.39, 0.29) is 35.1 Å². The van der Waals surface area contributed by atoms with Gasteiger partial charge in [-0.1, -0.05) is 15.9 Å². The van der Waals surface area contributed by atoms with Crippen molar-refractivity contribution in [2.75, 3.05) is 5.32 Å². The minimum atomic E-state index is -0.191. The van der Waals surface area contributed by atoms with Gasteiger partial charge in [0, 0.05) is 16.2 Å². The van der Waals surface area contributed by atoms with Crippen LogP contribution in [0.1, 0.15) is 39.5 Å². The normalized spacial score (nSPS) is 31.4. The van der Waals surface area contributed by atoms with E-state index in [2.05, 4.69) is 26.6 Å². The molecule has 4 nitrogen and oxygen atoms in total. The molecule has 3 aliphatic rings.